The summed E-state index contributed by atoms with van der Waals surface area (Å²) in [5.74, 6) is 0.297. The summed E-state index contributed by atoms with van der Waals surface area (Å²) < 4.78 is 70.3. The van der Waals surface area contributed by atoms with Crippen molar-refractivity contribution in [3.63, 3.8) is 0 Å². The summed E-state index contributed by atoms with van der Waals surface area (Å²) in [7, 11) is -4.17. The van der Waals surface area contributed by atoms with Gasteiger partial charge in [-0.05, 0) is 37.3 Å². The molecule has 0 aromatic heterocycles. The molecule has 0 heterocycles. The highest BCUT2D eigenvalue weighted by molar-refractivity contribution is 7.92. The van der Waals surface area contributed by atoms with Crippen LogP contribution in [0.5, 0.6) is 5.75 Å². The number of sulfonamides is 1. The van der Waals surface area contributed by atoms with E-state index in [-0.39, 0.29) is 5.69 Å². The average Bonchev–Trinajstić information content (AvgIpc) is 2.48. The predicted octanol–water partition coefficient (Wildman–Crippen LogP) is 3.90. The van der Waals surface area contributed by atoms with E-state index >= 15 is 0 Å². The van der Waals surface area contributed by atoms with Crippen LogP contribution in [0.25, 0.3) is 0 Å². The molecule has 0 aliphatic rings. The first-order valence-corrected chi connectivity index (χ1v) is 8.14. The Morgan fingerprint density at radius 2 is 1.78 bits per heavy atom. The first kappa shape index (κ1) is 17.1. The fraction of sp³-hybridized carbons (Fsp3) is 0.200. The monoisotopic (exact) mass is 345 g/mol. The van der Waals surface area contributed by atoms with E-state index in [0.29, 0.717) is 18.4 Å². The fourth-order valence-electron chi connectivity index (χ4n) is 1.88. The molecule has 0 unspecified atom stereocenters. The van der Waals surface area contributed by atoms with Gasteiger partial charge in [0, 0.05) is 0 Å². The quantitative estimate of drug-likeness (QED) is 0.894. The number of para-hydroxylation sites is 2. The number of halogens is 3. The minimum Gasteiger partial charge on any atom is -0.492 e. The fourth-order valence-corrected chi connectivity index (χ4v) is 2.99. The van der Waals surface area contributed by atoms with Gasteiger partial charge in [-0.25, -0.2) is 8.42 Å². The maximum absolute atomic E-state index is 12.7. The van der Waals surface area contributed by atoms with Crippen LogP contribution in [0.3, 0.4) is 0 Å². The highest BCUT2D eigenvalue weighted by Crippen LogP contribution is 2.31. The van der Waals surface area contributed by atoms with Crippen LogP contribution in [0.4, 0.5) is 18.9 Å². The Morgan fingerprint density at radius 1 is 1.09 bits per heavy atom. The summed E-state index contributed by atoms with van der Waals surface area (Å²) in [6.07, 6.45) is -4.62. The van der Waals surface area contributed by atoms with E-state index in [1.807, 2.05) is 0 Å². The number of benzene rings is 2. The van der Waals surface area contributed by atoms with Gasteiger partial charge in [0.1, 0.15) is 5.75 Å². The molecule has 2 aromatic rings. The van der Waals surface area contributed by atoms with Crippen molar-refractivity contribution in [3.05, 3.63) is 54.1 Å². The number of hydrogen-bond donors (Lipinski definition) is 1. The zero-order chi connectivity index (χ0) is 17.1. The van der Waals surface area contributed by atoms with Crippen molar-refractivity contribution in [1.29, 1.82) is 0 Å². The summed E-state index contributed by atoms with van der Waals surface area (Å²) in [4.78, 5) is -0.473. The van der Waals surface area contributed by atoms with E-state index in [0.717, 1.165) is 18.2 Å². The first-order valence-electron chi connectivity index (χ1n) is 6.66. The maximum Gasteiger partial charge on any atom is 0.416 e. The van der Waals surface area contributed by atoms with Gasteiger partial charge < -0.3 is 4.74 Å². The van der Waals surface area contributed by atoms with Gasteiger partial charge in [-0.3, -0.25) is 4.72 Å². The van der Waals surface area contributed by atoms with Crippen molar-refractivity contribution in [2.24, 2.45) is 0 Å². The van der Waals surface area contributed by atoms with Crippen molar-refractivity contribution < 1.29 is 26.3 Å². The molecular weight excluding hydrogens is 331 g/mol. The molecule has 0 aliphatic carbocycles. The summed E-state index contributed by atoms with van der Waals surface area (Å²) in [5, 5.41) is 0. The van der Waals surface area contributed by atoms with E-state index in [1.54, 1.807) is 25.1 Å². The number of ether oxygens (including phenoxy) is 1. The van der Waals surface area contributed by atoms with E-state index < -0.39 is 26.7 Å². The molecule has 0 fully saturated rings. The average molecular weight is 345 g/mol. The van der Waals surface area contributed by atoms with Crippen molar-refractivity contribution >= 4 is 15.7 Å². The molecule has 2 aromatic carbocycles. The Labute approximate surface area is 132 Å². The molecule has 0 saturated heterocycles. The minimum atomic E-state index is -4.62. The number of alkyl halides is 3. The summed E-state index contributed by atoms with van der Waals surface area (Å²) in [6, 6.07) is 9.83. The molecule has 0 bridgehead atoms. The lowest BCUT2D eigenvalue weighted by Crippen LogP contribution is -2.15. The lowest BCUT2D eigenvalue weighted by Gasteiger charge is -2.13. The molecule has 124 valence electrons. The smallest absolute Gasteiger partial charge is 0.416 e. The maximum atomic E-state index is 12.7. The second kappa shape index (κ2) is 6.49. The van der Waals surface area contributed by atoms with Crippen LogP contribution >= 0.6 is 0 Å². The molecule has 2 rings (SSSR count). The Balaban J connectivity index is 2.37. The van der Waals surface area contributed by atoms with Gasteiger partial charge in [-0.1, -0.05) is 18.2 Å². The number of anilines is 1. The van der Waals surface area contributed by atoms with Gasteiger partial charge in [0.2, 0.25) is 0 Å². The molecule has 8 heteroatoms. The largest absolute Gasteiger partial charge is 0.492 e. The van der Waals surface area contributed by atoms with Crippen molar-refractivity contribution in [2.75, 3.05) is 11.3 Å². The lowest BCUT2D eigenvalue weighted by molar-refractivity contribution is -0.137. The molecule has 0 spiro atoms. The third-order valence-corrected chi connectivity index (χ3v) is 4.27. The van der Waals surface area contributed by atoms with Gasteiger partial charge >= 0.3 is 6.18 Å². The zero-order valence-electron chi connectivity index (χ0n) is 12.1. The predicted molar refractivity (Wildman–Crippen MR) is 79.9 cm³/mol. The number of rotatable bonds is 5. The second-order valence-corrected chi connectivity index (χ2v) is 6.24. The molecular formula is C15H14F3NO3S. The molecule has 23 heavy (non-hydrogen) atoms. The Bertz CT molecular complexity index is 789. The van der Waals surface area contributed by atoms with Crippen LogP contribution in [-0.2, 0) is 16.2 Å². The molecule has 0 radical (unpaired) electrons. The van der Waals surface area contributed by atoms with Crippen LogP contribution in [0, 0.1) is 0 Å². The third-order valence-electron chi connectivity index (χ3n) is 2.90. The summed E-state index contributed by atoms with van der Waals surface area (Å²) in [6.45, 7) is 2.06. The Hall–Kier alpha value is -2.22. The van der Waals surface area contributed by atoms with Gasteiger partial charge in [0.15, 0.2) is 0 Å². The number of nitrogens with one attached hydrogen (secondary N) is 1. The standard InChI is InChI=1S/C15H14F3NO3S/c1-2-22-14-9-4-3-8-13(14)19-23(20,21)12-7-5-6-11(10-12)15(16,17)18/h3-10,19H,2H2,1H3. The highest BCUT2D eigenvalue weighted by atomic mass is 32.2. The van der Waals surface area contributed by atoms with Crippen LogP contribution in [0.15, 0.2) is 53.4 Å². The van der Waals surface area contributed by atoms with Gasteiger partial charge in [-0.2, -0.15) is 13.2 Å². The molecule has 0 atom stereocenters. The highest BCUT2D eigenvalue weighted by Gasteiger charge is 2.31. The van der Waals surface area contributed by atoms with Crippen LogP contribution < -0.4 is 9.46 Å². The zero-order valence-corrected chi connectivity index (χ0v) is 12.9. The van der Waals surface area contributed by atoms with Crippen LogP contribution in [0.2, 0.25) is 0 Å². The van der Waals surface area contributed by atoms with Crippen molar-refractivity contribution in [2.45, 2.75) is 18.0 Å². The SMILES string of the molecule is CCOc1ccccc1NS(=O)(=O)c1cccc(C(F)(F)F)c1. The van der Waals surface area contributed by atoms with Gasteiger partial charge in [0.25, 0.3) is 10.0 Å². The first-order chi connectivity index (χ1) is 10.7. The minimum absolute atomic E-state index is 0.159. The topological polar surface area (TPSA) is 55.4 Å². The molecule has 1 N–H and O–H groups in total. The third kappa shape index (κ3) is 4.16. The summed E-state index contributed by atoms with van der Waals surface area (Å²) >= 11 is 0. The van der Waals surface area contributed by atoms with E-state index in [9.17, 15) is 21.6 Å². The van der Waals surface area contributed by atoms with Crippen molar-refractivity contribution in [3.8, 4) is 5.75 Å². The van der Waals surface area contributed by atoms with Gasteiger partial charge in [-0.15, -0.1) is 0 Å². The lowest BCUT2D eigenvalue weighted by atomic mass is 10.2. The van der Waals surface area contributed by atoms with E-state index in [2.05, 4.69) is 4.72 Å². The normalized spacial score (nSPS) is 12.0. The summed E-state index contributed by atoms with van der Waals surface area (Å²) in [5.41, 5.74) is -0.870. The van der Waals surface area contributed by atoms with E-state index in [1.165, 1.54) is 6.07 Å². The molecule has 0 saturated carbocycles. The van der Waals surface area contributed by atoms with Crippen LogP contribution in [-0.4, -0.2) is 15.0 Å². The second-order valence-electron chi connectivity index (χ2n) is 4.56. The molecule has 0 aliphatic heterocycles. The Morgan fingerprint density at radius 3 is 2.43 bits per heavy atom. The molecule has 4 nitrogen and oxygen atoms in total. The van der Waals surface area contributed by atoms with Gasteiger partial charge in [0.05, 0.1) is 22.8 Å². The van der Waals surface area contributed by atoms with Crippen molar-refractivity contribution in [1.82, 2.24) is 0 Å². The number of hydrogen-bond acceptors (Lipinski definition) is 3. The van der Waals surface area contributed by atoms with Crippen LogP contribution in [0.1, 0.15) is 12.5 Å². The Kier molecular flexibility index (Phi) is 4.84. The van der Waals surface area contributed by atoms with E-state index in [4.69, 9.17) is 4.74 Å². The molecule has 0 amide bonds.